The monoisotopic (exact) mass is 514 g/mol. The summed E-state index contributed by atoms with van der Waals surface area (Å²) in [6, 6.07) is 3.01. The molecular formula is C19H14F8N4O4. The molecule has 1 aliphatic heterocycles. The standard InChI is InChI=1S/C19H14F8N4O4/c1-34-13-11(3-2-9(20)12(13)21)31-7-17(18(22,23)24,19(25,26)27)35-16(31)15(33)30-8-4-5-29-10(6-8)14(28)32/h2-6,16H,7H2,1H3,(H2,28,32)(H,29,30,33). The van der Waals surface area contributed by atoms with E-state index in [0.717, 1.165) is 25.4 Å². The summed E-state index contributed by atoms with van der Waals surface area (Å²) in [5.74, 6) is -6.92. The van der Waals surface area contributed by atoms with Crippen LogP contribution in [0.1, 0.15) is 10.5 Å². The minimum atomic E-state index is -6.08. The number of amides is 2. The Morgan fingerprint density at radius 3 is 2.34 bits per heavy atom. The normalized spacial score (nSPS) is 17.9. The third kappa shape index (κ3) is 4.52. The molecule has 16 heteroatoms. The van der Waals surface area contributed by atoms with Gasteiger partial charge in [-0.25, -0.2) is 4.39 Å². The Balaban J connectivity index is 2.12. The molecule has 8 nitrogen and oxygen atoms in total. The van der Waals surface area contributed by atoms with Crippen LogP contribution in [0.25, 0.3) is 0 Å². The van der Waals surface area contributed by atoms with Gasteiger partial charge in [0.2, 0.25) is 12.0 Å². The van der Waals surface area contributed by atoms with E-state index in [1.54, 1.807) is 0 Å². The fourth-order valence-corrected chi connectivity index (χ4v) is 3.28. The third-order valence-corrected chi connectivity index (χ3v) is 4.95. The summed E-state index contributed by atoms with van der Waals surface area (Å²) < 4.78 is 119. The minimum Gasteiger partial charge on any atom is -0.491 e. The maximum absolute atomic E-state index is 14.2. The molecule has 0 saturated carbocycles. The Hall–Kier alpha value is -3.69. The highest BCUT2D eigenvalue weighted by Crippen LogP contribution is 2.52. The molecular weight excluding hydrogens is 500 g/mol. The zero-order chi connectivity index (χ0) is 26.3. The number of primary amides is 1. The van der Waals surface area contributed by atoms with E-state index in [9.17, 15) is 44.7 Å². The molecule has 3 N–H and O–H groups in total. The number of nitrogens with zero attached hydrogens (tertiary/aromatic N) is 2. The average Bonchev–Trinajstić information content (AvgIpc) is 3.18. The van der Waals surface area contributed by atoms with Gasteiger partial charge in [0.15, 0.2) is 11.6 Å². The van der Waals surface area contributed by atoms with Crippen molar-refractivity contribution >= 4 is 23.2 Å². The van der Waals surface area contributed by atoms with Gasteiger partial charge in [0.05, 0.1) is 19.3 Å². The first-order valence-corrected chi connectivity index (χ1v) is 9.29. The van der Waals surface area contributed by atoms with E-state index in [2.05, 4.69) is 14.5 Å². The van der Waals surface area contributed by atoms with Gasteiger partial charge in [-0.1, -0.05) is 0 Å². The summed E-state index contributed by atoms with van der Waals surface area (Å²) in [6.45, 7) is -2.05. The number of nitrogens with one attached hydrogen (secondary N) is 1. The lowest BCUT2D eigenvalue weighted by Crippen LogP contribution is -2.59. The van der Waals surface area contributed by atoms with Crippen molar-refractivity contribution in [2.75, 3.05) is 23.9 Å². The van der Waals surface area contributed by atoms with Gasteiger partial charge in [-0.2, -0.15) is 30.7 Å². The quantitative estimate of drug-likeness (QED) is 0.594. The number of carbonyl (C=O) groups is 2. The second kappa shape index (κ2) is 8.83. The predicted octanol–water partition coefficient (Wildman–Crippen LogP) is 3.13. The largest absolute Gasteiger partial charge is 0.491 e. The maximum atomic E-state index is 14.2. The number of methoxy groups -OCH3 is 1. The molecule has 2 aromatic rings. The van der Waals surface area contributed by atoms with E-state index in [4.69, 9.17) is 5.73 Å². The SMILES string of the molecule is COc1c(N2CC(C(F)(F)F)(C(F)(F)F)OC2C(=O)Nc2ccnc(C(N)=O)c2)ccc(F)c1F. The second-order valence-corrected chi connectivity index (χ2v) is 7.12. The second-order valence-electron chi connectivity index (χ2n) is 7.12. The van der Waals surface area contributed by atoms with Crippen LogP contribution in [0.3, 0.4) is 0 Å². The molecule has 2 heterocycles. The molecule has 2 amide bonds. The number of nitrogens with two attached hydrogens (primary N) is 1. The highest BCUT2D eigenvalue weighted by Gasteiger charge is 2.77. The molecule has 190 valence electrons. The number of ether oxygens (including phenoxy) is 2. The summed E-state index contributed by atoms with van der Waals surface area (Å²) in [5, 5.41) is 1.99. The van der Waals surface area contributed by atoms with Crippen LogP contribution >= 0.6 is 0 Å². The molecule has 1 saturated heterocycles. The van der Waals surface area contributed by atoms with E-state index in [-0.39, 0.29) is 16.3 Å². The minimum absolute atomic E-state index is 0.133. The zero-order valence-electron chi connectivity index (χ0n) is 17.3. The Labute approximate surface area is 190 Å². The Morgan fingerprint density at radius 1 is 1.17 bits per heavy atom. The van der Waals surface area contributed by atoms with Crippen LogP contribution in [0.5, 0.6) is 5.75 Å². The molecule has 1 fully saturated rings. The number of anilines is 2. The number of hydrogen-bond donors (Lipinski definition) is 2. The van der Waals surface area contributed by atoms with E-state index < -0.39 is 65.6 Å². The molecule has 0 bridgehead atoms. The van der Waals surface area contributed by atoms with Crippen LogP contribution in [-0.4, -0.2) is 54.6 Å². The van der Waals surface area contributed by atoms with Crippen molar-refractivity contribution in [3.63, 3.8) is 0 Å². The molecule has 0 radical (unpaired) electrons. The number of carbonyl (C=O) groups excluding carboxylic acids is 2. The van der Waals surface area contributed by atoms with Crippen LogP contribution in [0, 0.1) is 11.6 Å². The number of alkyl halides is 6. The van der Waals surface area contributed by atoms with Crippen molar-refractivity contribution in [3.8, 4) is 5.75 Å². The number of aromatic nitrogens is 1. The van der Waals surface area contributed by atoms with Crippen molar-refractivity contribution in [2.45, 2.75) is 24.2 Å². The lowest BCUT2D eigenvalue weighted by Gasteiger charge is -2.32. The predicted molar refractivity (Wildman–Crippen MR) is 101 cm³/mol. The van der Waals surface area contributed by atoms with Crippen molar-refractivity contribution in [2.24, 2.45) is 5.73 Å². The van der Waals surface area contributed by atoms with E-state index in [1.807, 2.05) is 5.32 Å². The molecule has 1 aliphatic rings. The molecule has 0 aliphatic carbocycles. The van der Waals surface area contributed by atoms with Crippen LogP contribution in [0.15, 0.2) is 30.5 Å². The lowest BCUT2D eigenvalue weighted by atomic mass is 10.0. The Kier molecular flexibility index (Phi) is 6.54. The Morgan fingerprint density at radius 2 is 1.80 bits per heavy atom. The van der Waals surface area contributed by atoms with E-state index >= 15 is 0 Å². The molecule has 3 rings (SSSR count). The van der Waals surface area contributed by atoms with Crippen molar-refractivity contribution in [1.29, 1.82) is 0 Å². The van der Waals surface area contributed by atoms with Crippen LogP contribution < -0.4 is 20.7 Å². The number of halogens is 8. The topological polar surface area (TPSA) is 107 Å². The van der Waals surface area contributed by atoms with Gasteiger partial charge in [-0.3, -0.25) is 14.6 Å². The third-order valence-electron chi connectivity index (χ3n) is 4.95. The molecule has 1 aromatic heterocycles. The van der Waals surface area contributed by atoms with Crippen LogP contribution in [-0.2, 0) is 9.53 Å². The van der Waals surface area contributed by atoms with Gasteiger partial charge in [0.25, 0.3) is 17.4 Å². The van der Waals surface area contributed by atoms with Gasteiger partial charge in [0.1, 0.15) is 5.69 Å². The first kappa shape index (κ1) is 25.9. The Bertz CT molecular complexity index is 1140. The van der Waals surface area contributed by atoms with Crippen molar-refractivity contribution < 1.29 is 54.2 Å². The van der Waals surface area contributed by atoms with Crippen LogP contribution in [0.2, 0.25) is 0 Å². The number of rotatable bonds is 5. The number of hydrogen-bond acceptors (Lipinski definition) is 6. The molecule has 0 spiro atoms. The zero-order valence-corrected chi connectivity index (χ0v) is 17.3. The average molecular weight is 514 g/mol. The maximum Gasteiger partial charge on any atom is 0.428 e. The summed E-state index contributed by atoms with van der Waals surface area (Å²) in [4.78, 5) is 27.8. The summed E-state index contributed by atoms with van der Waals surface area (Å²) in [5.41, 5.74) is -1.32. The fraction of sp³-hybridized carbons (Fsp3) is 0.316. The van der Waals surface area contributed by atoms with Gasteiger partial charge in [-0.15, -0.1) is 0 Å². The van der Waals surface area contributed by atoms with Crippen LogP contribution in [0.4, 0.5) is 46.5 Å². The van der Waals surface area contributed by atoms with Crippen molar-refractivity contribution in [3.05, 3.63) is 47.8 Å². The van der Waals surface area contributed by atoms with E-state index in [0.29, 0.717) is 12.1 Å². The molecule has 1 aromatic carbocycles. The molecule has 35 heavy (non-hydrogen) atoms. The van der Waals surface area contributed by atoms with E-state index in [1.165, 1.54) is 0 Å². The number of benzene rings is 1. The van der Waals surface area contributed by atoms with Gasteiger partial charge >= 0.3 is 12.4 Å². The highest BCUT2D eigenvalue weighted by molar-refractivity contribution is 5.98. The number of pyridine rings is 1. The molecule has 1 atom stereocenters. The summed E-state index contributed by atoms with van der Waals surface area (Å²) >= 11 is 0. The first-order chi connectivity index (χ1) is 16.1. The lowest BCUT2D eigenvalue weighted by molar-refractivity contribution is -0.367. The summed E-state index contributed by atoms with van der Waals surface area (Å²) in [6.07, 6.45) is -13.8. The molecule has 1 unspecified atom stereocenters. The smallest absolute Gasteiger partial charge is 0.428 e. The van der Waals surface area contributed by atoms with Crippen molar-refractivity contribution in [1.82, 2.24) is 4.98 Å². The highest BCUT2D eigenvalue weighted by atomic mass is 19.4. The fourth-order valence-electron chi connectivity index (χ4n) is 3.28. The van der Waals surface area contributed by atoms with Gasteiger partial charge in [0, 0.05) is 11.9 Å². The summed E-state index contributed by atoms with van der Waals surface area (Å²) in [7, 11) is 0.788. The first-order valence-electron chi connectivity index (χ1n) is 9.29. The van der Waals surface area contributed by atoms with Gasteiger partial charge in [-0.05, 0) is 24.3 Å². The van der Waals surface area contributed by atoms with Gasteiger partial charge < -0.3 is 25.4 Å².